The molecule has 1 fully saturated rings. The van der Waals surface area contributed by atoms with Gasteiger partial charge < -0.3 is 10.2 Å². The van der Waals surface area contributed by atoms with Gasteiger partial charge in [0.2, 0.25) is 0 Å². The summed E-state index contributed by atoms with van der Waals surface area (Å²) in [6.45, 7) is 2.27. The molecule has 70 valence electrons. The van der Waals surface area contributed by atoms with Crippen molar-refractivity contribution in [2.45, 2.75) is 12.5 Å². The average molecular weight is 178 g/mol. The lowest BCUT2D eigenvalue weighted by Crippen LogP contribution is -2.23. The van der Waals surface area contributed by atoms with Crippen molar-refractivity contribution >= 4 is 5.82 Å². The lowest BCUT2D eigenvalue weighted by atomic mass is 10.2. The minimum absolute atomic E-state index is 0.542. The van der Waals surface area contributed by atoms with Crippen LogP contribution in [0.1, 0.15) is 6.42 Å². The maximum atomic E-state index is 4.13. The summed E-state index contributed by atoms with van der Waals surface area (Å²) in [5.41, 5.74) is 0. The molecule has 1 atom stereocenters. The zero-order chi connectivity index (χ0) is 9.10. The van der Waals surface area contributed by atoms with E-state index >= 15 is 0 Å². The van der Waals surface area contributed by atoms with Crippen molar-refractivity contribution in [3.05, 3.63) is 18.6 Å². The SMILES string of the molecule is CN1CCC(Nc2ccncn2)C1. The highest BCUT2D eigenvalue weighted by Gasteiger charge is 2.18. The molecule has 2 rings (SSSR count). The summed E-state index contributed by atoms with van der Waals surface area (Å²) in [6.07, 6.45) is 4.52. The van der Waals surface area contributed by atoms with Gasteiger partial charge in [0.15, 0.2) is 0 Å². The Morgan fingerprint density at radius 3 is 3.15 bits per heavy atom. The molecule has 0 radical (unpaired) electrons. The standard InChI is InChI=1S/C9H14N4/c1-13-5-3-8(6-13)12-9-2-4-10-7-11-9/h2,4,7-8H,3,5-6H2,1H3,(H,10,11,12). The first kappa shape index (κ1) is 8.44. The van der Waals surface area contributed by atoms with Crippen LogP contribution in [0.3, 0.4) is 0 Å². The summed E-state index contributed by atoms with van der Waals surface area (Å²) >= 11 is 0. The third-order valence-corrected chi connectivity index (χ3v) is 2.33. The highest BCUT2D eigenvalue weighted by Crippen LogP contribution is 2.11. The molecule has 0 saturated carbocycles. The molecular formula is C9H14N4. The molecule has 0 spiro atoms. The molecule has 1 unspecified atom stereocenters. The summed E-state index contributed by atoms with van der Waals surface area (Å²) in [7, 11) is 2.14. The molecule has 1 aliphatic rings. The van der Waals surface area contributed by atoms with Crippen LogP contribution in [0, 0.1) is 0 Å². The second-order valence-electron chi connectivity index (χ2n) is 3.49. The minimum Gasteiger partial charge on any atom is -0.366 e. The molecule has 13 heavy (non-hydrogen) atoms. The number of likely N-dealkylation sites (N-methyl/N-ethyl adjacent to an activating group) is 1. The number of aromatic nitrogens is 2. The van der Waals surface area contributed by atoms with Crippen molar-refractivity contribution in [3.8, 4) is 0 Å². The average Bonchev–Trinajstić information content (AvgIpc) is 2.53. The van der Waals surface area contributed by atoms with Crippen LogP contribution in [-0.4, -0.2) is 41.0 Å². The summed E-state index contributed by atoms with van der Waals surface area (Å²) in [5.74, 6) is 0.926. The molecule has 1 aliphatic heterocycles. The van der Waals surface area contributed by atoms with Crippen LogP contribution in [0.15, 0.2) is 18.6 Å². The Morgan fingerprint density at radius 2 is 2.54 bits per heavy atom. The van der Waals surface area contributed by atoms with Crippen molar-refractivity contribution in [2.75, 3.05) is 25.5 Å². The summed E-state index contributed by atoms with van der Waals surface area (Å²) < 4.78 is 0. The third kappa shape index (κ3) is 2.15. The number of hydrogen-bond acceptors (Lipinski definition) is 4. The maximum Gasteiger partial charge on any atom is 0.129 e. The third-order valence-electron chi connectivity index (χ3n) is 2.33. The monoisotopic (exact) mass is 178 g/mol. The fraction of sp³-hybridized carbons (Fsp3) is 0.556. The van der Waals surface area contributed by atoms with Crippen LogP contribution in [0.5, 0.6) is 0 Å². The topological polar surface area (TPSA) is 41.0 Å². The van der Waals surface area contributed by atoms with E-state index in [-0.39, 0.29) is 0 Å². The molecule has 0 bridgehead atoms. The fourth-order valence-electron chi connectivity index (χ4n) is 1.64. The summed E-state index contributed by atoms with van der Waals surface area (Å²) in [5, 5.41) is 3.38. The first-order valence-electron chi connectivity index (χ1n) is 4.56. The van der Waals surface area contributed by atoms with Crippen LogP contribution in [0.2, 0.25) is 0 Å². The van der Waals surface area contributed by atoms with E-state index < -0.39 is 0 Å². The van der Waals surface area contributed by atoms with E-state index in [0.29, 0.717) is 6.04 Å². The molecule has 1 saturated heterocycles. The highest BCUT2D eigenvalue weighted by atomic mass is 15.2. The highest BCUT2D eigenvalue weighted by molar-refractivity contribution is 5.33. The molecule has 0 amide bonds. The van der Waals surface area contributed by atoms with E-state index in [1.807, 2.05) is 6.07 Å². The molecule has 4 heteroatoms. The lowest BCUT2D eigenvalue weighted by Gasteiger charge is -2.12. The summed E-state index contributed by atoms with van der Waals surface area (Å²) in [4.78, 5) is 10.3. The van der Waals surface area contributed by atoms with Crippen molar-refractivity contribution in [2.24, 2.45) is 0 Å². The number of anilines is 1. The molecule has 1 N–H and O–H groups in total. The van der Waals surface area contributed by atoms with Gasteiger partial charge in [-0.25, -0.2) is 9.97 Å². The Balaban J connectivity index is 1.92. The first-order chi connectivity index (χ1) is 6.34. The normalized spacial score (nSPS) is 23.3. The molecule has 1 aromatic heterocycles. The Morgan fingerprint density at radius 1 is 1.62 bits per heavy atom. The van der Waals surface area contributed by atoms with Gasteiger partial charge in [-0.15, -0.1) is 0 Å². The van der Waals surface area contributed by atoms with E-state index in [1.165, 1.54) is 13.0 Å². The maximum absolute atomic E-state index is 4.13. The Kier molecular flexibility index (Phi) is 2.40. The van der Waals surface area contributed by atoms with Crippen LogP contribution in [0.4, 0.5) is 5.82 Å². The van der Waals surface area contributed by atoms with Crippen LogP contribution in [-0.2, 0) is 0 Å². The van der Waals surface area contributed by atoms with Gasteiger partial charge in [-0.1, -0.05) is 0 Å². The number of rotatable bonds is 2. The van der Waals surface area contributed by atoms with Gasteiger partial charge in [0, 0.05) is 18.8 Å². The molecule has 2 heterocycles. The fourth-order valence-corrected chi connectivity index (χ4v) is 1.64. The van der Waals surface area contributed by atoms with E-state index in [1.54, 1.807) is 12.5 Å². The first-order valence-corrected chi connectivity index (χ1v) is 4.56. The van der Waals surface area contributed by atoms with E-state index in [0.717, 1.165) is 12.4 Å². The molecular weight excluding hydrogens is 164 g/mol. The van der Waals surface area contributed by atoms with Crippen molar-refractivity contribution < 1.29 is 0 Å². The Bertz CT molecular complexity index is 262. The van der Waals surface area contributed by atoms with Crippen molar-refractivity contribution in [1.29, 1.82) is 0 Å². The number of nitrogens with one attached hydrogen (secondary N) is 1. The minimum atomic E-state index is 0.542. The second kappa shape index (κ2) is 3.70. The van der Waals surface area contributed by atoms with Crippen LogP contribution < -0.4 is 5.32 Å². The lowest BCUT2D eigenvalue weighted by molar-refractivity contribution is 0.414. The second-order valence-corrected chi connectivity index (χ2v) is 3.49. The number of likely N-dealkylation sites (tertiary alicyclic amines) is 1. The zero-order valence-corrected chi connectivity index (χ0v) is 7.77. The number of nitrogens with zero attached hydrogens (tertiary/aromatic N) is 3. The molecule has 0 aromatic carbocycles. The van der Waals surface area contributed by atoms with Gasteiger partial charge in [0.1, 0.15) is 12.1 Å². The largest absolute Gasteiger partial charge is 0.366 e. The van der Waals surface area contributed by atoms with Gasteiger partial charge >= 0.3 is 0 Å². The van der Waals surface area contributed by atoms with Crippen LogP contribution in [0.25, 0.3) is 0 Å². The summed E-state index contributed by atoms with van der Waals surface area (Å²) in [6, 6.07) is 2.44. The molecule has 4 nitrogen and oxygen atoms in total. The van der Waals surface area contributed by atoms with E-state index in [2.05, 4.69) is 27.2 Å². The van der Waals surface area contributed by atoms with Gasteiger partial charge in [0.25, 0.3) is 0 Å². The van der Waals surface area contributed by atoms with Gasteiger partial charge in [-0.05, 0) is 26.1 Å². The van der Waals surface area contributed by atoms with Gasteiger partial charge in [0.05, 0.1) is 0 Å². The van der Waals surface area contributed by atoms with E-state index in [9.17, 15) is 0 Å². The van der Waals surface area contributed by atoms with Gasteiger partial charge in [-0.3, -0.25) is 0 Å². The quantitative estimate of drug-likeness (QED) is 0.719. The predicted molar refractivity (Wildman–Crippen MR) is 51.6 cm³/mol. The van der Waals surface area contributed by atoms with Crippen molar-refractivity contribution in [1.82, 2.24) is 14.9 Å². The predicted octanol–water partition coefficient (Wildman–Crippen LogP) is 0.593. The molecule has 1 aromatic rings. The molecule has 0 aliphatic carbocycles. The zero-order valence-electron chi connectivity index (χ0n) is 7.77. The van der Waals surface area contributed by atoms with Gasteiger partial charge in [-0.2, -0.15) is 0 Å². The number of hydrogen-bond donors (Lipinski definition) is 1. The van der Waals surface area contributed by atoms with Crippen LogP contribution >= 0.6 is 0 Å². The Labute approximate surface area is 78.0 Å². The Hall–Kier alpha value is -1.16. The van der Waals surface area contributed by atoms with E-state index in [4.69, 9.17) is 0 Å². The van der Waals surface area contributed by atoms with Crippen molar-refractivity contribution in [3.63, 3.8) is 0 Å². The smallest absolute Gasteiger partial charge is 0.129 e.